The molecular weight excluding hydrogens is 254 g/mol. The first-order valence-electron chi connectivity index (χ1n) is 6.83. The summed E-state index contributed by atoms with van der Waals surface area (Å²) in [6.45, 7) is 7.56. The molecule has 0 bridgehead atoms. The number of carbonyl (C=O) groups is 2. The minimum atomic E-state index is -0.824. The van der Waals surface area contributed by atoms with Crippen molar-refractivity contribution in [2.24, 2.45) is 5.92 Å². The van der Waals surface area contributed by atoms with Gasteiger partial charge in [0, 0.05) is 12.7 Å². The lowest BCUT2D eigenvalue weighted by atomic mass is 9.82. The summed E-state index contributed by atoms with van der Waals surface area (Å²) in [4.78, 5) is 25.3. The first kappa shape index (κ1) is 14.6. The fourth-order valence-corrected chi connectivity index (χ4v) is 3.00. The van der Waals surface area contributed by atoms with E-state index in [2.05, 4.69) is 0 Å². The molecule has 0 radical (unpaired) electrons. The van der Waals surface area contributed by atoms with Crippen LogP contribution in [0.25, 0.3) is 0 Å². The molecule has 1 N–H and O–H groups in total. The van der Waals surface area contributed by atoms with Crippen LogP contribution in [0.1, 0.15) is 44.7 Å². The number of aliphatic carboxylic acids is 1. The summed E-state index contributed by atoms with van der Waals surface area (Å²) in [5, 5.41) is 9.40. The van der Waals surface area contributed by atoms with E-state index in [1.807, 2.05) is 45.9 Å². The van der Waals surface area contributed by atoms with Gasteiger partial charge in [-0.3, -0.25) is 9.59 Å². The molecule has 20 heavy (non-hydrogen) atoms. The second kappa shape index (κ2) is 4.62. The summed E-state index contributed by atoms with van der Waals surface area (Å²) in [5.74, 6) is -1.32. The Hall–Kier alpha value is -1.84. The zero-order valence-corrected chi connectivity index (χ0v) is 12.6. The Morgan fingerprint density at radius 1 is 1.30 bits per heavy atom. The molecule has 1 atom stereocenters. The molecule has 1 amide bonds. The van der Waals surface area contributed by atoms with Crippen molar-refractivity contribution < 1.29 is 14.7 Å². The summed E-state index contributed by atoms with van der Waals surface area (Å²) in [6, 6.07) is 5.56. The number of carboxylic acids is 1. The van der Waals surface area contributed by atoms with Crippen molar-refractivity contribution in [3.05, 3.63) is 29.3 Å². The number of likely N-dealkylation sites (N-methyl/N-ethyl adjacent to an activating group) is 1. The van der Waals surface area contributed by atoms with Gasteiger partial charge in [0.25, 0.3) is 0 Å². The lowest BCUT2D eigenvalue weighted by molar-refractivity contribution is -0.139. The fourth-order valence-electron chi connectivity index (χ4n) is 3.00. The number of hydrogen-bond donors (Lipinski definition) is 1. The van der Waals surface area contributed by atoms with Crippen molar-refractivity contribution in [1.29, 1.82) is 0 Å². The first-order valence-corrected chi connectivity index (χ1v) is 6.83. The predicted molar refractivity (Wildman–Crippen MR) is 78.1 cm³/mol. The fraction of sp³-hybridized carbons (Fsp3) is 0.500. The lowest BCUT2D eigenvalue weighted by Crippen LogP contribution is -2.33. The van der Waals surface area contributed by atoms with Crippen LogP contribution in [0.3, 0.4) is 0 Å². The quantitative estimate of drug-likeness (QED) is 0.922. The van der Waals surface area contributed by atoms with E-state index in [-0.39, 0.29) is 11.8 Å². The molecule has 0 aromatic heterocycles. The molecule has 2 rings (SSSR count). The van der Waals surface area contributed by atoms with Crippen LogP contribution >= 0.6 is 0 Å². The number of hydrogen-bond acceptors (Lipinski definition) is 2. The van der Waals surface area contributed by atoms with Gasteiger partial charge >= 0.3 is 5.97 Å². The summed E-state index contributed by atoms with van der Waals surface area (Å²) in [5.41, 5.74) is 1.95. The summed E-state index contributed by atoms with van der Waals surface area (Å²) >= 11 is 0. The lowest BCUT2D eigenvalue weighted by Gasteiger charge is -2.20. The second-order valence-electron chi connectivity index (χ2n) is 6.33. The minimum Gasteiger partial charge on any atom is -0.481 e. The van der Waals surface area contributed by atoms with Gasteiger partial charge in [0.15, 0.2) is 0 Å². The molecule has 1 aliphatic heterocycles. The maximum atomic E-state index is 12.2. The largest absolute Gasteiger partial charge is 0.481 e. The van der Waals surface area contributed by atoms with Crippen molar-refractivity contribution in [1.82, 2.24) is 0 Å². The molecule has 1 unspecified atom stereocenters. The Morgan fingerprint density at radius 2 is 1.90 bits per heavy atom. The summed E-state index contributed by atoms with van der Waals surface area (Å²) in [7, 11) is 1.76. The second-order valence-corrected chi connectivity index (χ2v) is 6.33. The van der Waals surface area contributed by atoms with Crippen LogP contribution in [0.5, 0.6) is 0 Å². The van der Waals surface area contributed by atoms with Crippen molar-refractivity contribution in [2.45, 2.75) is 39.0 Å². The van der Waals surface area contributed by atoms with Gasteiger partial charge in [-0.15, -0.1) is 0 Å². The van der Waals surface area contributed by atoms with Crippen molar-refractivity contribution in [3.8, 4) is 0 Å². The zero-order valence-electron chi connectivity index (χ0n) is 12.6. The van der Waals surface area contributed by atoms with Crippen molar-refractivity contribution >= 4 is 17.6 Å². The Bertz CT molecular complexity index is 575. The summed E-state index contributed by atoms with van der Waals surface area (Å²) in [6.07, 6.45) is 0. The van der Waals surface area contributed by atoms with Gasteiger partial charge in [0.2, 0.25) is 5.91 Å². The van der Waals surface area contributed by atoms with Gasteiger partial charge in [0.1, 0.15) is 0 Å². The molecule has 0 spiro atoms. The molecule has 0 saturated carbocycles. The first-order chi connectivity index (χ1) is 9.17. The number of nitrogens with zero attached hydrogens (tertiary/aromatic N) is 1. The van der Waals surface area contributed by atoms with E-state index in [0.717, 1.165) is 16.8 Å². The number of amides is 1. The van der Waals surface area contributed by atoms with E-state index in [0.29, 0.717) is 0 Å². The molecule has 1 heterocycles. The van der Waals surface area contributed by atoms with E-state index in [9.17, 15) is 14.7 Å². The molecule has 1 aromatic carbocycles. The van der Waals surface area contributed by atoms with Crippen molar-refractivity contribution in [2.75, 3.05) is 11.9 Å². The van der Waals surface area contributed by atoms with Crippen LogP contribution in [0.15, 0.2) is 18.2 Å². The van der Waals surface area contributed by atoms with Gasteiger partial charge < -0.3 is 10.0 Å². The Labute approximate surface area is 119 Å². The Balaban J connectivity index is 2.56. The molecule has 1 aromatic rings. The maximum absolute atomic E-state index is 12.2. The third-order valence-electron chi connectivity index (χ3n) is 4.19. The van der Waals surface area contributed by atoms with Crippen LogP contribution < -0.4 is 4.90 Å². The monoisotopic (exact) mass is 275 g/mol. The molecule has 0 aliphatic carbocycles. The SMILES string of the molecule is CC(C)C(C(=O)O)c1ccc2c(c1)C(C)(C)C(=O)N2C. The van der Waals surface area contributed by atoms with Crippen LogP contribution in [-0.2, 0) is 15.0 Å². The van der Waals surface area contributed by atoms with Gasteiger partial charge in [-0.1, -0.05) is 26.0 Å². The van der Waals surface area contributed by atoms with E-state index in [1.165, 1.54) is 0 Å². The number of carbonyl (C=O) groups excluding carboxylic acids is 1. The molecule has 108 valence electrons. The normalized spacial score (nSPS) is 18.3. The third-order valence-corrected chi connectivity index (χ3v) is 4.19. The topological polar surface area (TPSA) is 57.6 Å². The highest BCUT2D eigenvalue weighted by Gasteiger charge is 2.42. The van der Waals surface area contributed by atoms with Gasteiger partial charge in [-0.25, -0.2) is 0 Å². The van der Waals surface area contributed by atoms with Gasteiger partial charge in [-0.05, 0) is 37.0 Å². The average molecular weight is 275 g/mol. The minimum absolute atomic E-state index is 0.00324. The van der Waals surface area contributed by atoms with Gasteiger partial charge in [-0.2, -0.15) is 0 Å². The van der Waals surface area contributed by atoms with Crippen LogP contribution in [-0.4, -0.2) is 24.0 Å². The average Bonchev–Trinajstić information content (AvgIpc) is 2.51. The van der Waals surface area contributed by atoms with Crippen LogP contribution in [0.2, 0.25) is 0 Å². The number of anilines is 1. The van der Waals surface area contributed by atoms with Crippen LogP contribution in [0.4, 0.5) is 5.69 Å². The molecule has 0 fully saturated rings. The smallest absolute Gasteiger partial charge is 0.311 e. The number of carboxylic acid groups (broad SMARTS) is 1. The predicted octanol–water partition coefficient (Wildman–Crippen LogP) is 2.76. The van der Waals surface area contributed by atoms with E-state index >= 15 is 0 Å². The van der Waals surface area contributed by atoms with Crippen molar-refractivity contribution in [3.63, 3.8) is 0 Å². The summed E-state index contributed by atoms with van der Waals surface area (Å²) < 4.78 is 0. The highest BCUT2D eigenvalue weighted by molar-refractivity contribution is 6.07. The number of benzene rings is 1. The molecule has 0 saturated heterocycles. The molecule has 4 heteroatoms. The third kappa shape index (κ3) is 1.99. The highest BCUT2D eigenvalue weighted by Crippen LogP contribution is 2.42. The van der Waals surface area contributed by atoms with E-state index < -0.39 is 17.3 Å². The number of fused-ring (bicyclic) bond motifs is 1. The highest BCUT2D eigenvalue weighted by atomic mass is 16.4. The maximum Gasteiger partial charge on any atom is 0.311 e. The van der Waals surface area contributed by atoms with Crippen LogP contribution in [0, 0.1) is 5.92 Å². The van der Waals surface area contributed by atoms with E-state index in [1.54, 1.807) is 11.9 Å². The molecule has 1 aliphatic rings. The zero-order chi connectivity index (χ0) is 15.2. The van der Waals surface area contributed by atoms with Gasteiger partial charge in [0.05, 0.1) is 11.3 Å². The number of rotatable bonds is 3. The standard InChI is InChI=1S/C16H21NO3/c1-9(2)13(14(18)19)10-6-7-12-11(8-10)16(3,4)15(20)17(12)5/h6-9,13H,1-5H3,(H,18,19). The molecule has 4 nitrogen and oxygen atoms in total. The van der Waals surface area contributed by atoms with E-state index in [4.69, 9.17) is 0 Å². The molecular formula is C16H21NO3. The Morgan fingerprint density at radius 3 is 2.40 bits per heavy atom. The Kier molecular flexibility index (Phi) is 3.36.